The number of nitrogens with one attached hydrogen (secondary N) is 3. The maximum atomic E-state index is 12.2. The van der Waals surface area contributed by atoms with Crippen LogP contribution < -0.4 is 10.6 Å². The summed E-state index contributed by atoms with van der Waals surface area (Å²) >= 11 is 0. The van der Waals surface area contributed by atoms with E-state index >= 15 is 0 Å². The Hall–Kier alpha value is -2.50. The minimum absolute atomic E-state index is 0.00192. The van der Waals surface area contributed by atoms with Gasteiger partial charge in [0, 0.05) is 50.2 Å². The van der Waals surface area contributed by atoms with Crippen molar-refractivity contribution in [3.8, 4) is 0 Å². The molecule has 1 aromatic heterocycles. The zero-order valence-corrected chi connectivity index (χ0v) is 14.7. The molecule has 25 heavy (non-hydrogen) atoms. The molecular formula is C19H26N4O2. The monoisotopic (exact) mass is 342 g/mol. The molecular weight excluding hydrogens is 316 g/mol. The number of carbonyl (C=O) groups is 2. The number of rotatable bonds is 5. The smallest absolute Gasteiger partial charge is 0.317 e. The number of carbonyl (C=O) groups excluding carboxylic acids is 2. The van der Waals surface area contributed by atoms with Gasteiger partial charge in [-0.3, -0.25) is 4.79 Å². The van der Waals surface area contributed by atoms with E-state index < -0.39 is 0 Å². The number of amides is 3. The van der Waals surface area contributed by atoms with Crippen LogP contribution >= 0.6 is 0 Å². The van der Waals surface area contributed by atoms with E-state index in [2.05, 4.69) is 39.9 Å². The average molecular weight is 342 g/mol. The van der Waals surface area contributed by atoms with Crippen molar-refractivity contribution in [2.75, 3.05) is 26.2 Å². The summed E-state index contributed by atoms with van der Waals surface area (Å²) in [7, 11) is 0. The van der Waals surface area contributed by atoms with Gasteiger partial charge in [0.15, 0.2) is 0 Å². The average Bonchev–Trinajstić information content (AvgIpc) is 3.05. The van der Waals surface area contributed by atoms with Crippen molar-refractivity contribution in [3.63, 3.8) is 0 Å². The summed E-state index contributed by atoms with van der Waals surface area (Å²) in [4.78, 5) is 28.4. The molecule has 0 atom stereocenters. The number of hydrogen-bond acceptors (Lipinski definition) is 2. The summed E-state index contributed by atoms with van der Waals surface area (Å²) in [5, 5.41) is 6.90. The van der Waals surface area contributed by atoms with Crippen LogP contribution in [0.4, 0.5) is 4.79 Å². The number of hydrogen-bond donors (Lipinski definition) is 3. The van der Waals surface area contributed by atoms with Crippen molar-refractivity contribution in [3.05, 3.63) is 36.0 Å². The number of H-pyrrole nitrogens is 1. The molecule has 6 heteroatoms. The van der Waals surface area contributed by atoms with Crippen molar-refractivity contribution in [2.45, 2.75) is 32.1 Å². The number of piperidine rings is 1. The van der Waals surface area contributed by atoms with Gasteiger partial charge in [0.2, 0.25) is 5.91 Å². The Labute approximate surface area is 148 Å². The van der Waals surface area contributed by atoms with Crippen LogP contribution in [0, 0.1) is 0 Å². The highest BCUT2D eigenvalue weighted by Gasteiger charge is 2.24. The summed E-state index contributed by atoms with van der Waals surface area (Å²) in [5.41, 5.74) is 2.45. The third-order valence-electron chi connectivity index (χ3n) is 4.78. The molecule has 0 bridgehead atoms. The van der Waals surface area contributed by atoms with E-state index in [-0.39, 0.29) is 11.9 Å². The number of fused-ring (bicyclic) bond motifs is 1. The Kier molecular flexibility index (Phi) is 5.58. The molecule has 2 heterocycles. The highest BCUT2D eigenvalue weighted by molar-refractivity contribution is 5.80. The number of likely N-dealkylation sites (tertiary alicyclic amines) is 1. The largest absolute Gasteiger partial charge is 0.358 e. The molecule has 1 aliphatic rings. The standard InChI is InChI=1S/C19H26N4O2/c1-14(24)20-9-4-10-21-19(25)23-11-7-15(8-12-23)18-13-16-5-2-3-6-17(16)22-18/h2-3,5-6,13,15,22H,4,7-12H2,1H3,(H,20,24)(H,21,25). The van der Waals surface area contributed by atoms with Gasteiger partial charge in [0.05, 0.1) is 0 Å². The highest BCUT2D eigenvalue weighted by atomic mass is 16.2. The Morgan fingerprint density at radius 3 is 2.60 bits per heavy atom. The van der Waals surface area contributed by atoms with E-state index in [1.165, 1.54) is 23.5 Å². The molecule has 1 saturated heterocycles. The summed E-state index contributed by atoms with van der Waals surface area (Å²) in [5.74, 6) is 0.446. The molecule has 1 aliphatic heterocycles. The quantitative estimate of drug-likeness (QED) is 0.731. The fourth-order valence-electron chi connectivity index (χ4n) is 3.37. The molecule has 3 amide bonds. The van der Waals surface area contributed by atoms with Gasteiger partial charge in [-0.25, -0.2) is 4.79 Å². The number of nitrogens with zero attached hydrogens (tertiary/aromatic N) is 1. The first-order valence-electron chi connectivity index (χ1n) is 8.98. The Morgan fingerprint density at radius 2 is 1.88 bits per heavy atom. The maximum Gasteiger partial charge on any atom is 0.317 e. The molecule has 2 aromatic rings. The van der Waals surface area contributed by atoms with Gasteiger partial charge in [-0.15, -0.1) is 0 Å². The summed E-state index contributed by atoms with van der Waals surface area (Å²) in [6, 6.07) is 10.6. The van der Waals surface area contributed by atoms with Gasteiger partial charge in [-0.2, -0.15) is 0 Å². The topological polar surface area (TPSA) is 77.2 Å². The van der Waals surface area contributed by atoms with Crippen LogP contribution in [0.25, 0.3) is 10.9 Å². The van der Waals surface area contributed by atoms with Crippen molar-refractivity contribution < 1.29 is 9.59 Å². The molecule has 0 saturated carbocycles. The molecule has 0 unspecified atom stereocenters. The third kappa shape index (κ3) is 4.53. The van der Waals surface area contributed by atoms with Crippen LogP contribution in [0.2, 0.25) is 0 Å². The van der Waals surface area contributed by atoms with Gasteiger partial charge in [0.25, 0.3) is 0 Å². The SMILES string of the molecule is CC(=O)NCCCNC(=O)N1CCC(c2cc3ccccc3[nH]2)CC1. The molecule has 0 spiro atoms. The van der Waals surface area contributed by atoms with E-state index in [1.807, 2.05) is 11.0 Å². The van der Waals surface area contributed by atoms with Gasteiger partial charge in [-0.1, -0.05) is 18.2 Å². The van der Waals surface area contributed by atoms with E-state index in [4.69, 9.17) is 0 Å². The van der Waals surface area contributed by atoms with Gasteiger partial charge in [0.1, 0.15) is 0 Å². The minimum Gasteiger partial charge on any atom is -0.358 e. The molecule has 1 aromatic carbocycles. The Morgan fingerprint density at radius 1 is 1.16 bits per heavy atom. The minimum atomic E-state index is -0.0367. The lowest BCUT2D eigenvalue weighted by Crippen LogP contribution is -2.44. The second-order valence-corrected chi connectivity index (χ2v) is 6.64. The number of para-hydroxylation sites is 1. The zero-order valence-electron chi connectivity index (χ0n) is 14.7. The zero-order chi connectivity index (χ0) is 17.6. The molecule has 0 radical (unpaired) electrons. The van der Waals surface area contributed by atoms with E-state index in [9.17, 15) is 9.59 Å². The number of benzene rings is 1. The first-order chi connectivity index (χ1) is 12.1. The van der Waals surface area contributed by atoms with E-state index in [0.29, 0.717) is 19.0 Å². The number of urea groups is 1. The number of aromatic amines is 1. The van der Waals surface area contributed by atoms with Gasteiger partial charge < -0.3 is 20.5 Å². The molecule has 0 aliphatic carbocycles. The molecule has 3 rings (SSSR count). The van der Waals surface area contributed by atoms with E-state index in [1.54, 1.807) is 0 Å². The van der Waals surface area contributed by atoms with Crippen molar-refractivity contribution >= 4 is 22.8 Å². The fourth-order valence-corrected chi connectivity index (χ4v) is 3.37. The van der Waals surface area contributed by atoms with Crippen molar-refractivity contribution in [1.82, 2.24) is 20.5 Å². The summed E-state index contributed by atoms with van der Waals surface area (Å²) in [6.07, 6.45) is 2.70. The lowest BCUT2D eigenvalue weighted by atomic mass is 9.94. The highest BCUT2D eigenvalue weighted by Crippen LogP contribution is 2.29. The molecule has 6 nitrogen and oxygen atoms in total. The normalized spacial score (nSPS) is 15.3. The second-order valence-electron chi connectivity index (χ2n) is 6.64. The predicted octanol–water partition coefficient (Wildman–Crippen LogP) is 2.58. The lowest BCUT2D eigenvalue weighted by Gasteiger charge is -2.31. The molecule has 1 fully saturated rings. The Balaban J connectivity index is 1.43. The second kappa shape index (κ2) is 8.05. The van der Waals surface area contributed by atoms with Gasteiger partial charge in [-0.05, 0) is 36.8 Å². The third-order valence-corrected chi connectivity index (χ3v) is 4.78. The fraction of sp³-hybridized carbons (Fsp3) is 0.474. The van der Waals surface area contributed by atoms with E-state index in [0.717, 1.165) is 32.4 Å². The number of aromatic nitrogens is 1. The predicted molar refractivity (Wildman–Crippen MR) is 98.5 cm³/mol. The van der Waals surface area contributed by atoms with Crippen LogP contribution in [0.3, 0.4) is 0 Å². The molecule has 134 valence electrons. The first-order valence-corrected chi connectivity index (χ1v) is 8.98. The molecule has 3 N–H and O–H groups in total. The lowest BCUT2D eigenvalue weighted by molar-refractivity contribution is -0.118. The van der Waals surface area contributed by atoms with Crippen LogP contribution in [0.1, 0.15) is 37.8 Å². The van der Waals surface area contributed by atoms with Crippen LogP contribution in [0.5, 0.6) is 0 Å². The first kappa shape index (κ1) is 17.3. The van der Waals surface area contributed by atoms with Gasteiger partial charge >= 0.3 is 6.03 Å². The maximum absolute atomic E-state index is 12.2. The van der Waals surface area contributed by atoms with Crippen LogP contribution in [-0.4, -0.2) is 48.0 Å². The van der Waals surface area contributed by atoms with Crippen molar-refractivity contribution in [1.29, 1.82) is 0 Å². The van der Waals surface area contributed by atoms with Crippen molar-refractivity contribution in [2.24, 2.45) is 0 Å². The summed E-state index contributed by atoms with van der Waals surface area (Å²) in [6.45, 7) is 4.23. The van der Waals surface area contributed by atoms with Crippen LogP contribution in [0.15, 0.2) is 30.3 Å². The Bertz CT molecular complexity index is 699. The van der Waals surface area contributed by atoms with Crippen LogP contribution in [-0.2, 0) is 4.79 Å². The summed E-state index contributed by atoms with van der Waals surface area (Å²) < 4.78 is 0.